The number of nitrogens with one attached hydrogen (secondary N) is 2. The molecule has 0 heterocycles. The van der Waals surface area contributed by atoms with E-state index in [2.05, 4.69) is 15.7 Å². The normalized spacial score (nSPS) is 11.4. The van der Waals surface area contributed by atoms with E-state index in [-0.39, 0.29) is 5.82 Å². The van der Waals surface area contributed by atoms with Crippen LogP contribution in [0.4, 0.5) is 10.1 Å². The fourth-order valence-corrected chi connectivity index (χ4v) is 1.33. The third-order valence-corrected chi connectivity index (χ3v) is 2.35. The van der Waals surface area contributed by atoms with E-state index in [1.165, 1.54) is 6.07 Å². The Morgan fingerprint density at radius 2 is 2.28 bits per heavy atom. The second-order valence-electron chi connectivity index (χ2n) is 3.81. The number of anilines is 1. The van der Waals surface area contributed by atoms with Crippen molar-refractivity contribution in [3.8, 4) is 0 Å². The zero-order valence-electron chi connectivity index (χ0n) is 10.7. The van der Waals surface area contributed by atoms with Crippen molar-refractivity contribution in [1.29, 1.82) is 0 Å². The van der Waals surface area contributed by atoms with E-state index in [4.69, 9.17) is 10.6 Å². The Kier molecular flexibility index (Phi) is 6.10. The standard InChI is InChI=1S/C12H19FN4O/c1-9-4-5-10(8-11(9)13)16-12(17-14)15-6-3-7-18-2/h4-5,8H,3,6-7,14H2,1-2H3,(H2,15,16,17). The molecular formula is C12H19FN4O. The van der Waals surface area contributed by atoms with E-state index < -0.39 is 0 Å². The van der Waals surface area contributed by atoms with Crippen LogP contribution in [0.2, 0.25) is 0 Å². The van der Waals surface area contributed by atoms with Crippen molar-refractivity contribution in [3.63, 3.8) is 0 Å². The highest BCUT2D eigenvalue weighted by Crippen LogP contribution is 2.13. The predicted molar refractivity (Wildman–Crippen MR) is 70.9 cm³/mol. The van der Waals surface area contributed by atoms with E-state index in [0.29, 0.717) is 30.4 Å². The third kappa shape index (κ3) is 4.68. The van der Waals surface area contributed by atoms with Crippen molar-refractivity contribution in [2.75, 3.05) is 25.6 Å². The van der Waals surface area contributed by atoms with Crippen molar-refractivity contribution >= 4 is 11.6 Å². The van der Waals surface area contributed by atoms with Gasteiger partial charge in [-0.1, -0.05) is 6.07 Å². The van der Waals surface area contributed by atoms with Crippen molar-refractivity contribution in [2.24, 2.45) is 10.8 Å². The van der Waals surface area contributed by atoms with Gasteiger partial charge in [-0.2, -0.15) is 0 Å². The molecule has 4 N–H and O–H groups in total. The molecule has 1 aromatic rings. The molecule has 0 fully saturated rings. The van der Waals surface area contributed by atoms with Crippen molar-refractivity contribution in [1.82, 2.24) is 5.43 Å². The van der Waals surface area contributed by atoms with Gasteiger partial charge in [-0.05, 0) is 31.0 Å². The van der Waals surface area contributed by atoms with Crippen LogP contribution in [0, 0.1) is 12.7 Å². The summed E-state index contributed by atoms with van der Waals surface area (Å²) in [4.78, 5) is 4.19. The molecule has 5 nitrogen and oxygen atoms in total. The number of hydrogen-bond donors (Lipinski definition) is 3. The molecule has 18 heavy (non-hydrogen) atoms. The van der Waals surface area contributed by atoms with Crippen LogP contribution in [0.25, 0.3) is 0 Å². The highest BCUT2D eigenvalue weighted by molar-refractivity contribution is 5.93. The molecule has 0 atom stereocenters. The Balaban J connectivity index is 2.58. The zero-order valence-corrected chi connectivity index (χ0v) is 10.7. The molecule has 0 bridgehead atoms. The van der Waals surface area contributed by atoms with Gasteiger partial charge in [0.25, 0.3) is 0 Å². The van der Waals surface area contributed by atoms with Gasteiger partial charge in [0.15, 0.2) is 0 Å². The number of benzene rings is 1. The Labute approximate surface area is 106 Å². The van der Waals surface area contributed by atoms with E-state index >= 15 is 0 Å². The first-order valence-electron chi connectivity index (χ1n) is 5.70. The van der Waals surface area contributed by atoms with Crippen LogP contribution >= 0.6 is 0 Å². The summed E-state index contributed by atoms with van der Waals surface area (Å²) in [7, 11) is 1.64. The molecule has 0 aliphatic rings. The minimum Gasteiger partial charge on any atom is -0.385 e. The average Bonchev–Trinajstić information content (AvgIpc) is 2.37. The maximum absolute atomic E-state index is 13.3. The Morgan fingerprint density at radius 1 is 1.50 bits per heavy atom. The number of rotatable bonds is 5. The smallest absolute Gasteiger partial charge is 0.210 e. The molecular weight excluding hydrogens is 235 g/mol. The van der Waals surface area contributed by atoms with Gasteiger partial charge < -0.3 is 10.1 Å². The van der Waals surface area contributed by atoms with Crippen LogP contribution < -0.4 is 16.6 Å². The number of hydrazine groups is 1. The van der Waals surface area contributed by atoms with Gasteiger partial charge in [-0.3, -0.25) is 10.4 Å². The fourth-order valence-electron chi connectivity index (χ4n) is 1.33. The van der Waals surface area contributed by atoms with Crippen LogP contribution in [0.5, 0.6) is 0 Å². The highest BCUT2D eigenvalue weighted by atomic mass is 19.1. The number of ether oxygens (including phenoxy) is 1. The largest absolute Gasteiger partial charge is 0.385 e. The molecule has 0 aliphatic carbocycles. The van der Waals surface area contributed by atoms with Crippen LogP contribution in [0.1, 0.15) is 12.0 Å². The molecule has 0 unspecified atom stereocenters. The van der Waals surface area contributed by atoms with Gasteiger partial charge in [-0.15, -0.1) is 0 Å². The molecule has 0 aliphatic heterocycles. The van der Waals surface area contributed by atoms with Crippen molar-refractivity contribution in [3.05, 3.63) is 29.6 Å². The first-order valence-corrected chi connectivity index (χ1v) is 5.70. The second-order valence-corrected chi connectivity index (χ2v) is 3.81. The molecule has 0 aromatic heterocycles. The first-order chi connectivity index (χ1) is 8.67. The lowest BCUT2D eigenvalue weighted by Crippen LogP contribution is -2.36. The number of nitrogens with zero attached hydrogens (tertiary/aromatic N) is 1. The molecule has 0 radical (unpaired) electrons. The van der Waals surface area contributed by atoms with Crippen molar-refractivity contribution < 1.29 is 9.13 Å². The van der Waals surface area contributed by atoms with Crippen LogP contribution in [0.15, 0.2) is 23.2 Å². The summed E-state index contributed by atoms with van der Waals surface area (Å²) in [5, 5.41) is 2.91. The molecule has 1 rings (SSSR count). The minimum atomic E-state index is -0.268. The zero-order chi connectivity index (χ0) is 13.4. The molecule has 0 spiro atoms. The summed E-state index contributed by atoms with van der Waals surface area (Å²) in [6.45, 7) is 2.93. The minimum absolute atomic E-state index is 0.268. The SMILES string of the molecule is COCCCN=C(NN)Nc1ccc(C)c(F)c1. The van der Waals surface area contributed by atoms with Gasteiger partial charge in [0.05, 0.1) is 0 Å². The molecule has 6 heteroatoms. The summed E-state index contributed by atoms with van der Waals surface area (Å²) < 4.78 is 18.3. The number of nitrogens with two attached hydrogens (primary N) is 1. The summed E-state index contributed by atoms with van der Waals surface area (Å²) in [5.74, 6) is 5.46. The number of halogens is 1. The summed E-state index contributed by atoms with van der Waals surface area (Å²) in [6, 6.07) is 4.86. The van der Waals surface area contributed by atoms with Crippen LogP contribution in [-0.4, -0.2) is 26.2 Å². The number of hydrogen-bond acceptors (Lipinski definition) is 3. The van der Waals surface area contributed by atoms with Crippen LogP contribution in [0.3, 0.4) is 0 Å². The Morgan fingerprint density at radius 3 is 2.89 bits per heavy atom. The van der Waals surface area contributed by atoms with Gasteiger partial charge >= 0.3 is 0 Å². The first kappa shape index (κ1) is 14.4. The number of methoxy groups -OCH3 is 1. The lowest BCUT2D eigenvalue weighted by molar-refractivity contribution is 0.197. The fraction of sp³-hybridized carbons (Fsp3) is 0.417. The summed E-state index contributed by atoms with van der Waals surface area (Å²) >= 11 is 0. The molecule has 100 valence electrons. The third-order valence-electron chi connectivity index (χ3n) is 2.35. The number of guanidine groups is 1. The topological polar surface area (TPSA) is 71.7 Å². The molecule has 0 saturated heterocycles. The van der Waals surface area contributed by atoms with Gasteiger partial charge in [0.1, 0.15) is 5.82 Å². The molecule has 1 aromatic carbocycles. The quantitative estimate of drug-likeness (QED) is 0.244. The van der Waals surface area contributed by atoms with Crippen LogP contribution in [-0.2, 0) is 4.74 Å². The average molecular weight is 254 g/mol. The van der Waals surface area contributed by atoms with Gasteiger partial charge in [0.2, 0.25) is 5.96 Å². The number of aryl methyl sites for hydroxylation is 1. The van der Waals surface area contributed by atoms with E-state index in [0.717, 1.165) is 6.42 Å². The van der Waals surface area contributed by atoms with E-state index in [1.807, 2.05) is 0 Å². The molecule has 0 amide bonds. The summed E-state index contributed by atoms with van der Waals surface area (Å²) in [6.07, 6.45) is 0.797. The lowest BCUT2D eigenvalue weighted by atomic mass is 10.2. The van der Waals surface area contributed by atoms with Crippen molar-refractivity contribution in [2.45, 2.75) is 13.3 Å². The highest BCUT2D eigenvalue weighted by Gasteiger charge is 2.01. The van der Waals surface area contributed by atoms with E-state index in [1.54, 1.807) is 26.2 Å². The van der Waals surface area contributed by atoms with Gasteiger partial charge in [-0.25, -0.2) is 10.2 Å². The maximum Gasteiger partial charge on any atom is 0.210 e. The predicted octanol–water partition coefficient (Wildman–Crippen LogP) is 1.40. The summed E-state index contributed by atoms with van der Waals surface area (Å²) in [5.41, 5.74) is 3.63. The Bertz CT molecular complexity index is 409. The van der Waals surface area contributed by atoms with E-state index in [9.17, 15) is 4.39 Å². The molecule has 0 saturated carbocycles. The monoisotopic (exact) mass is 254 g/mol. The maximum atomic E-state index is 13.3. The van der Waals surface area contributed by atoms with Gasteiger partial charge in [0, 0.05) is 25.9 Å². The Hall–Kier alpha value is -1.66. The number of aliphatic imine (C=N–C) groups is 1. The lowest BCUT2D eigenvalue weighted by Gasteiger charge is -2.09. The second kappa shape index (κ2) is 7.62.